The Morgan fingerprint density at radius 1 is 1.00 bits per heavy atom. The minimum absolute atomic E-state index is 0.0573. The molecule has 1 N–H and O–H groups in total. The first-order valence-corrected chi connectivity index (χ1v) is 8.78. The molecule has 100 valence electrons. The average molecular weight is 330 g/mol. The topological polar surface area (TPSA) is 42.2 Å². The van der Waals surface area contributed by atoms with E-state index in [1.165, 1.54) is 0 Å². The molecule has 0 saturated heterocycles. The molecule has 0 aliphatic carbocycles. The first-order valence-electron chi connectivity index (χ1n) is 6.21. The second-order valence-corrected chi connectivity index (χ2v) is 6.00. The fourth-order valence-electron chi connectivity index (χ4n) is 2.11. The van der Waals surface area contributed by atoms with Crippen molar-refractivity contribution in [1.29, 1.82) is 0 Å². The third kappa shape index (κ3) is 2.36. The number of fused-ring (bicyclic) bond motifs is 1. The first kappa shape index (κ1) is 13.0. The maximum absolute atomic E-state index is 12.1. The summed E-state index contributed by atoms with van der Waals surface area (Å²) < 4.78 is 6.12. The van der Waals surface area contributed by atoms with Crippen LogP contribution in [0.4, 0.5) is 11.4 Å². The van der Waals surface area contributed by atoms with Gasteiger partial charge in [0, 0.05) is 0 Å². The van der Waals surface area contributed by atoms with Crippen molar-refractivity contribution in [3.8, 4) is 0 Å². The van der Waals surface area contributed by atoms with Crippen LogP contribution in [0.3, 0.4) is 0 Å². The van der Waals surface area contributed by atoms with Gasteiger partial charge in [0.15, 0.2) is 0 Å². The Kier molecular flexibility index (Phi) is 3.59. The van der Waals surface area contributed by atoms with Crippen LogP contribution in [0.1, 0.15) is 0 Å². The summed E-state index contributed by atoms with van der Waals surface area (Å²) in [7, 11) is 0. The van der Waals surface area contributed by atoms with Gasteiger partial charge in [-0.25, -0.2) is 0 Å². The van der Waals surface area contributed by atoms with Crippen molar-refractivity contribution >= 4 is 41.8 Å². The van der Waals surface area contributed by atoms with Gasteiger partial charge in [0.2, 0.25) is 0 Å². The Balaban J connectivity index is 2.24. The molecule has 0 unspecified atom stereocenters. The maximum atomic E-state index is 12.1. The number of para-hydroxylation sites is 2. The molecule has 0 bridgehead atoms. The SMILES string of the molecule is C[Se]c1c(Nc2ccccc2)c2ccccc2oc1=O. The van der Waals surface area contributed by atoms with Crippen molar-refractivity contribution in [3.63, 3.8) is 0 Å². The zero-order chi connectivity index (χ0) is 13.9. The molecule has 0 saturated carbocycles. The second kappa shape index (κ2) is 5.53. The fraction of sp³-hybridized carbons (Fsp3) is 0.0625. The van der Waals surface area contributed by atoms with E-state index in [1.54, 1.807) is 0 Å². The van der Waals surface area contributed by atoms with Crippen LogP contribution in [0.2, 0.25) is 5.82 Å². The summed E-state index contributed by atoms with van der Waals surface area (Å²) in [6, 6.07) is 17.5. The van der Waals surface area contributed by atoms with E-state index < -0.39 is 0 Å². The van der Waals surface area contributed by atoms with E-state index in [9.17, 15) is 4.79 Å². The third-order valence-corrected chi connectivity index (χ3v) is 4.65. The van der Waals surface area contributed by atoms with Crippen LogP contribution in [0.5, 0.6) is 0 Å². The fourth-order valence-corrected chi connectivity index (χ4v) is 3.31. The minimum atomic E-state index is -0.246. The van der Waals surface area contributed by atoms with Gasteiger partial charge in [-0.15, -0.1) is 0 Å². The van der Waals surface area contributed by atoms with Gasteiger partial charge in [-0.1, -0.05) is 0 Å². The molecule has 20 heavy (non-hydrogen) atoms. The van der Waals surface area contributed by atoms with Crippen molar-refractivity contribution in [2.75, 3.05) is 5.32 Å². The molecular weight excluding hydrogens is 317 g/mol. The summed E-state index contributed by atoms with van der Waals surface area (Å²) in [5.74, 6) is 2.02. The number of benzene rings is 2. The van der Waals surface area contributed by atoms with E-state index in [-0.39, 0.29) is 20.6 Å². The number of hydrogen-bond donors (Lipinski definition) is 1. The molecule has 1 heterocycles. The number of hydrogen-bond acceptors (Lipinski definition) is 3. The van der Waals surface area contributed by atoms with Crippen LogP contribution in [-0.2, 0) is 0 Å². The van der Waals surface area contributed by atoms with Crippen LogP contribution in [0, 0.1) is 0 Å². The molecule has 2 aromatic carbocycles. The van der Waals surface area contributed by atoms with Crippen molar-refractivity contribution in [2.24, 2.45) is 0 Å². The Labute approximate surface area is 122 Å². The summed E-state index contributed by atoms with van der Waals surface area (Å²) in [4.78, 5) is 12.1. The summed E-state index contributed by atoms with van der Waals surface area (Å²) in [6.45, 7) is 0. The number of nitrogens with one attached hydrogen (secondary N) is 1. The molecule has 0 aliphatic heterocycles. The van der Waals surface area contributed by atoms with Crippen molar-refractivity contribution in [1.82, 2.24) is 0 Å². The average Bonchev–Trinajstić information content (AvgIpc) is 2.48. The van der Waals surface area contributed by atoms with Gasteiger partial charge < -0.3 is 0 Å². The van der Waals surface area contributed by atoms with Crippen LogP contribution >= 0.6 is 0 Å². The molecule has 0 spiro atoms. The molecule has 0 aliphatic rings. The summed E-state index contributed by atoms with van der Waals surface area (Å²) in [5.41, 5.74) is 2.20. The van der Waals surface area contributed by atoms with Crippen LogP contribution in [0.15, 0.2) is 63.8 Å². The molecule has 3 rings (SSSR count). The Morgan fingerprint density at radius 3 is 2.45 bits per heavy atom. The third-order valence-electron chi connectivity index (χ3n) is 3.02. The van der Waals surface area contributed by atoms with Gasteiger partial charge in [0.05, 0.1) is 0 Å². The molecular formula is C16H13NO2Se. The predicted octanol–water partition coefficient (Wildman–Crippen LogP) is 2.91. The van der Waals surface area contributed by atoms with Crippen LogP contribution in [0.25, 0.3) is 11.0 Å². The molecule has 1 aromatic heterocycles. The standard InChI is InChI=1S/C16H13NO2Se/c1-20-15-14(17-11-7-3-2-4-8-11)12-9-5-6-10-13(12)19-16(15)18/h2-10,17H,1H3. The van der Waals surface area contributed by atoms with Crippen molar-refractivity contribution in [3.05, 3.63) is 65.0 Å². The van der Waals surface area contributed by atoms with E-state index >= 15 is 0 Å². The van der Waals surface area contributed by atoms with Crippen molar-refractivity contribution in [2.45, 2.75) is 5.82 Å². The summed E-state index contributed by atoms with van der Waals surface area (Å²) in [5, 5.41) is 4.30. The second-order valence-electron chi connectivity index (χ2n) is 4.28. The van der Waals surface area contributed by atoms with E-state index in [0.29, 0.717) is 5.58 Å². The van der Waals surface area contributed by atoms with Crippen molar-refractivity contribution < 1.29 is 4.42 Å². The first-order chi connectivity index (χ1) is 9.79. The van der Waals surface area contributed by atoms with E-state index in [2.05, 4.69) is 5.32 Å². The number of rotatable bonds is 3. The van der Waals surface area contributed by atoms with Gasteiger partial charge in [0.1, 0.15) is 0 Å². The molecule has 0 radical (unpaired) electrons. The summed E-state index contributed by atoms with van der Waals surface area (Å²) in [6.07, 6.45) is 0. The van der Waals surface area contributed by atoms with E-state index in [1.807, 2.05) is 60.4 Å². The van der Waals surface area contributed by atoms with Gasteiger partial charge in [0.25, 0.3) is 0 Å². The molecule has 3 aromatic rings. The molecule has 3 nitrogen and oxygen atoms in total. The molecule has 0 atom stereocenters. The van der Waals surface area contributed by atoms with Crippen LogP contribution in [-0.4, -0.2) is 15.0 Å². The monoisotopic (exact) mass is 331 g/mol. The van der Waals surface area contributed by atoms with Crippen LogP contribution < -0.4 is 15.4 Å². The number of anilines is 2. The van der Waals surface area contributed by atoms with Gasteiger partial charge >= 0.3 is 122 Å². The Bertz CT molecular complexity index is 796. The quantitative estimate of drug-likeness (QED) is 0.593. The normalized spacial score (nSPS) is 10.7. The van der Waals surface area contributed by atoms with Gasteiger partial charge in [-0.05, 0) is 0 Å². The molecule has 4 heteroatoms. The zero-order valence-electron chi connectivity index (χ0n) is 10.9. The predicted molar refractivity (Wildman–Crippen MR) is 83.5 cm³/mol. The van der Waals surface area contributed by atoms with E-state index in [0.717, 1.165) is 21.2 Å². The van der Waals surface area contributed by atoms with Gasteiger partial charge in [-0.2, -0.15) is 0 Å². The molecule has 0 fully saturated rings. The van der Waals surface area contributed by atoms with E-state index in [4.69, 9.17) is 4.42 Å². The van der Waals surface area contributed by atoms with Gasteiger partial charge in [-0.3, -0.25) is 0 Å². The Morgan fingerprint density at radius 2 is 1.70 bits per heavy atom. The Hall–Kier alpha value is -2.03. The summed E-state index contributed by atoms with van der Waals surface area (Å²) >= 11 is 0.0573. The molecule has 0 amide bonds. The zero-order valence-corrected chi connectivity index (χ0v) is 12.6.